The fourth-order valence-corrected chi connectivity index (χ4v) is 4.70. The summed E-state index contributed by atoms with van der Waals surface area (Å²) in [6, 6.07) is 13.4. The SMILES string of the molecule is COc1cc(C(=O)O)ccc1CCNC(=O)C1CC12CCCc1ccccc12. The van der Waals surface area contributed by atoms with Crippen LogP contribution in [0.25, 0.3) is 0 Å². The average Bonchev–Trinajstić information content (AvgIpc) is 3.43. The lowest BCUT2D eigenvalue weighted by molar-refractivity contribution is -0.122. The Kier molecular flexibility index (Phi) is 4.84. The molecule has 2 aromatic rings. The van der Waals surface area contributed by atoms with Crippen LogP contribution < -0.4 is 10.1 Å². The van der Waals surface area contributed by atoms with Crippen molar-refractivity contribution in [3.63, 3.8) is 0 Å². The highest BCUT2D eigenvalue weighted by molar-refractivity contribution is 5.88. The Morgan fingerprint density at radius 2 is 2.07 bits per heavy atom. The van der Waals surface area contributed by atoms with Crippen molar-refractivity contribution >= 4 is 11.9 Å². The van der Waals surface area contributed by atoms with E-state index in [2.05, 4.69) is 29.6 Å². The molecule has 28 heavy (non-hydrogen) atoms. The summed E-state index contributed by atoms with van der Waals surface area (Å²) in [4.78, 5) is 23.8. The molecule has 1 spiro atoms. The summed E-state index contributed by atoms with van der Waals surface area (Å²) < 4.78 is 5.31. The van der Waals surface area contributed by atoms with Crippen LogP contribution in [-0.4, -0.2) is 30.6 Å². The molecule has 1 saturated carbocycles. The Morgan fingerprint density at radius 1 is 1.25 bits per heavy atom. The second-order valence-electron chi connectivity index (χ2n) is 7.80. The fraction of sp³-hybridized carbons (Fsp3) is 0.391. The minimum Gasteiger partial charge on any atom is -0.496 e. The van der Waals surface area contributed by atoms with Gasteiger partial charge in [0.15, 0.2) is 0 Å². The van der Waals surface area contributed by atoms with Crippen molar-refractivity contribution in [1.82, 2.24) is 5.32 Å². The van der Waals surface area contributed by atoms with Crippen LogP contribution in [0.4, 0.5) is 0 Å². The number of hydrogen-bond donors (Lipinski definition) is 2. The van der Waals surface area contributed by atoms with Gasteiger partial charge in [-0.2, -0.15) is 0 Å². The topological polar surface area (TPSA) is 75.6 Å². The van der Waals surface area contributed by atoms with Gasteiger partial charge in [0.2, 0.25) is 5.91 Å². The summed E-state index contributed by atoms with van der Waals surface area (Å²) in [5, 5.41) is 12.2. The first-order valence-corrected chi connectivity index (χ1v) is 9.81. The molecule has 4 rings (SSSR count). The second kappa shape index (κ2) is 7.30. The number of carboxylic acids is 1. The number of methoxy groups -OCH3 is 1. The minimum absolute atomic E-state index is 0.0414. The second-order valence-corrected chi connectivity index (χ2v) is 7.80. The standard InChI is InChI=1S/C23H25NO4/c1-28-20-13-17(22(26)27)9-8-16(20)10-12-24-21(25)19-14-23(19)11-4-6-15-5-2-3-7-18(15)23/h2-3,5,7-9,13,19H,4,6,10-12,14H2,1H3,(H,24,25)(H,26,27). The number of carbonyl (C=O) groups is 2. The molecule has 1 amide bonds. The zero-order valence-corrected chi connectivity index (χ0v) is 16.0. The van der Waals surface area contributed by atoms with Crippen molar-refractivity contribution in [2.45, 2.75) is 37.5 Å². The van der Waals surface area contributed by atoms with E-state index in [1.54, 1.807) is 12.1 Å². The number of aromatic carboxylic acids is 1. The number of fused-ring (bicyclic) bond motifs is 2. The highest BCUT2D eigenvalue weighted by atomic mass is 16.5. The summed E-state index contributed by atoms with van der Waals surface area (Å²) in [6.07, 6.45) is 4.89. The van der Waals surface area contributed by atoms with Crippen LogP contribution in [0.5, 0.6) is 5.75 Å². The zero-order chi connectivity index (χ0) is 19.7. The molecule has 2 aliphatic carbocycles. The van der Waals surface area contributed by atoms with Gasteiger partial charge in [-0.25, -0.2) is 4.79 Å². The maximum Gasteiger partial charge on any atom is 0.335 e. The molecular weight excluding hydrogens is 354 g/mol. The number of rotatable bonds is 6. The van der Waals surface area contributed by atoms with E-state index in [1.165, 1.54) is 24.3 Å². The summed E-state index contributed by atoms with van der Waals surface area (Å²) in [7, 11) is 1.53. The van der Waals surface area contributed by atoms with Crippen LogP contribution in [-0.2, 0) is 23.1 Å². The zero-order valence-electron chi connectivity index (χ0n) is 16.0. The van der Waals surface area contributed by atoms with E-state index >= 15 is 0 Å². The predicted molar refractivity (Wildman–Crippen MR) is 106 cm³/mol. The predicted octanol–water partition coefficient (Wildman–Crippen LogP) is 3.35. The van der Waals surface area contributed by atoms with Crippen molar-refractivity contribution < 1.29 is 19.4 Å². The molecule has 2 aliphatic rings. The molecular formula is C23H25NO4. The highest BCUT2D eigenvalue weighted by Crippen LogP contribution is 2.60. The number of carbonyl (C=O) groups excluding carboxylic acids is 1. The Hall–Kier alpha value is -2.82. The number of hydrogen-bond acceptors (Lipinski definition) is 3. The van der Waals surface area contributed by atoms with Crippen LogP contribution in [0.15, 0.2) is 42.5 Å². The maximum atomic E-state index is 12.8. The Morgan fingerprint density at radius 3 is 2.86 bits per heavy atom. The first-order valence-electron chi connectivity index (χ1n) is 9.81. The molecule has 2 unspecified atom stereocenters. The minimum atomic E-state index is -0.982. The van der Waals surface area contributed by atoms with Gasteiger partial charge >= 0.3 is 5.97 Å². The van der Waals surface area contributed by atoms with Crippen molar-refractivity contribution in [1.29, 1.82) is 0 Å². The van der Waals surface area contributed by atoms with Crippen LogP contribution in [0, 0.1) is 5.92 Å². The van der Waals surface area contributed by atoms with Crippen molar-refractivity contribution in [3.8, 4) is 5.75 Å². The van der Waals surface area contributed by atoms with Crippen LogP contribution in [0.1, 0.15) is 46.3 Å². The summed E-state index contributed by atoms with van der Waals surface area (Å²) in [5.41, 5.74) is 3.89. The third-order valence-corrected chi connectivity index (χ3v) is 6.24. The first-order chi connectivity index (χ1) is 13.5. The van der Waals surface area contributed by atoms with Gasteiger partial charge in [-0.05, 0) is 60.9 Å². The van der Waals surface area contributed by atoms with Crippen LogP contribution in [0.3, 0.4) is 0 Å². The van der Waals surface area contributed by atoms with E-state index in [-0.39, 0.29) is 22.8 Å². The van der Waals surface area contributed by atoms with Crippen molar-refractivity contribution in [3.05, 3.63) is 64.7 Å². The van der Waals surface area contributed by atoms with Gasteiger partial charge in [0.25, 0.3) is 0 Å². The molecule has 2 atom stereocenters. The molecule has 0 bridgehead atoms. The lowest BCUT2D eigenvalue weighted by Gasteiger charge is -2.26. The number of nitrogens with one attached hydrogen (secondary N) is 1. The van der Waals surface area contributed by atoms with Crippen LogP contribution >= 0.6 is 0 Å². The van der Waals surface area contributed by atoms with Gasteiger partial charge in [-0.1, -0.05) is 30.3 Å². The molecule has 5 nitrogen and oxygen atoms in total. The molecule has 5 heteroatoms. The third kappa shape index (κ3) is 3.26. The number of amides is 1. The number of ether oxygens (including phenoxy) is 1. The number of carboxylic acid groups (broad SMARTS) is 1. The fourth-order valence-electron chi connectivity index (χ4n) is 4.70. The molecule has 146 valence electrons. The molecule has 1 fully saturated rings. The average molecular weight is 379 g/mol. The normalized spacial score (nSPS) is 22.4. The molecule has 0 heterocycles. The van der Waals surface area contributed by atoms with Crippen molar-refractivity contribution in [2.75, 3.05) is 13.7 Å². The Labute approximate surface area is 164 Å². The Balaban J connectivity index is 1.38. The van der Waals surface area contributed by atoms with E-state index in [4.69, 9.17) is 9.84 Å². The number of aryl methyl sites for hydroxylation is 1. The molecule has 0 saturated heterocycles. The lowest BCUT2D eigenvalue weighted by atomic mass is 9.78. The van der Waals surface area contributed by atoms with E-state index in [1.807, 2.05) is 0 Å². The quantitative estimate of drug-likeness (QED) is 0.807. The first kappa shape index (κ1) is 18.5. The third-order valence-electron chi connectivity index (χ3n) is 6.24. The van der Waals surface area contributed by atoms with Gasteiger partial charge in [0, 0.05) is 17.9 Å². The monoisotopic (exact) mass is 379 g/mol. The molecule has 2 N–H and O–H groups in total. The molecule has 0 aliphatic heterocycles. The maximum absolute atomic E-state index is 12.8. The molecule has 2 aromatic carbocycles. The van der Waals surface area contributed by atoms with E-state index in [0.29, 0.717) is 18.7 Å². The smallest absolute Gasteiger partial charge is 0.335 e. The van der Waals surface area contributed by atoms with Crippen molar-refractivity contribution in [2.24, 2.45) is 5.92 Å². The van der Waals surface area contributed by atoms with Gasteiger partial charge in [-0.15, -0.1) is 0 Å². The van der Waals surface area contributed by atoms with E-state index < -0.39 is 5.97 Å². The van der Waals surface area contributed by atoms with E-state index in [0.717, 1.165) is 31.2 Å². The Bertz CT molecular complexity index is 923. The number of benzene rings is 2. The molecule has 0 aromatic heterocycles. The largest absolute Gasteiger partial charge is 0.496 e. The van der Waals surface area contributed by atoms with Gasteiger partial charge in [0.1, 0.15) is 5.75 Å². The molecule has 0 radical (unpaired) electrons. The van der Waals surface area contributed by atoms with Gasteiger partial charge in [0.05, 0.1) is 12.7 Å². The highest BCUT2D eigenvalue weighted by Gasteiger charge is 2.59. The lowest BCUT2D eigenvalue weighted by Crippen LogP contribution is -2.31. The van der Waals surface area contributed by atoms with E-state index in [9.17, 15) is 9.59 Å². The van der Waals surface area contributed by atoms with Gasteiger partial charge < -0.3 is 15.2 Å². The summed E-state index contributed by atoms with van der Waals surface area (Å²) >= 11 is 0. The summed E-state index contributed by atoms with van der Waals surface area (Å²) in [6.45, 7) is 0.510. The summed E-state index contributed by atoms with van der Waals surface area (Å²) in [5.74, 6) is -0.258. The van der Waals surface area contributed by atoms with Crippen LogP contribution in [0.2, 0.25) is 0 Å². The van der Waals surface area contributed by atoms with Gasteiger partial charge in [-0.3, -0.25) is 4.79 Å².